The van der Waals surface area contributed by atoms with E-state index in [1.54, 1.807) is 18.2 Å². The Kier molecular flexibility index (Phi) is 2.87. The molecule has 0 radical (unpaired) electrons. The lowest BCUT2D eigenvalue weighted by Gasteiger charge is -2.21. The lowest BCUT2D eigenvalue weighted by atomic mass is 9.93. The maximum absolute atomic E-state index is 10.1. The molecule has 3 N–H and O–H groups in total. The number of hydrogen-bond acceptors (Lipinski definition) is 3. The van der Waals surface area contributed by atoms with E-state index in [-0.39, 0.29) is 5.75 Å². The highest BCUT2D eigenvalue weighted by atomic mass is 35.5. The molecule has 1 aromatic rings. The van der Waals surface area contributed by atoms with Crippen LogP contribution in [-0.4, -0.2) is 28.9 Å². The highest BCUT2D eigenvalue weighted by Gasteiger charge is 2.32. The normalized spacial score (nSPS) is 25.7. The minimum absolute atomic E-state index is 0.0829. The van der Waals surface area contributed by atoms with Crippen molar-refractivity contribution in [1.29, 1.82) is 0 Å². The standard InChI is InChI=1S/C11H14ClNO2/c12-9-3-1-2-8(10(9)14)6-11(15)4-5-13-7-11/h1-3,13-15H,4-7H2. The van der Waals surface area contributed by atoms with Gasteiger partial charge in [0.05, 0.1) is 10.6 Å². The zero-order valence-electron chi connectivity index (χ0n) is 8.33. The Morgan fingerprint density at radius 1 is 1.47 bits per heavy atom. The molecule has 3 nitrogen and oxygen atoms in total. The predicted molar refractivity (Wildman–Crippen MR) is 59.3 cm³/mol. The Hall–Kier alpha value is -0.770. The van der Waals surface area contributed by atoms with Crippen LogP contribution in [0.1, 0.15) is 12.0 Å². The molecule has 1 saturated heterocycles. The average molecular weight is 228 g/mol. The number of hydrogen-bond donors (Lipinski definition) is 3. The first-order chi connectivity index (χ1) is 7.11. The summed E-state index contributed by atoms with van der Waals surface area (Å²) in [5.74, 6) is 0.0829. The van der Waals surface area contributed by atoms with E-state index in [0.717, 1.165) is 6.54 Å². The van der Waals surface area contributed by atoms with E-state index >= 15 is 0 Å². The Balaban J connectivity index is 2.20. The molecule has 1 aliphatic rings. The van der Waals surface area contributed by atoms with Gasteiger partial charge in [-0.2, -0.15) is 0 Å². The molecule has 1 aliphatic heterocycles. The summed E-state index contributed by atoms with van der Waals surface area (Å²) >= 11 is 5.80. The van der Waals surface area contributed by atoms with Crippen molar-refractivity contribution in [3.8, 4) is 5.75 Å². The number of rotatable bonds is 2. The van der Waals surface area contributed by atoms with Crippen LogP contribution in [0.15, 0.2) is 18.2 Å². The first kappa shape index (κ1) is 10.7. The van der Waals surface area contributed by atoms with Gasteiger partial charge in [0.25, 0.3) is 0 Å². The van der Waals surface area contributed by atoms with Crippen molar-refractivity contribution in [3.05, 3.63) is 28.8 Å². The molecule has 0 bridgehead atoms. The minimum atomic E-state index is -0.748. The summed E-state index contributed by atoms with van der Waals surface area (Å²) in [6.45, 7) is 1.39. The summed E-state index contributed by atoms with van der Waals surface area (Å²) in [6.07, 6.45) is 1.14. The molecule has 1 atom stereocenters. The highest BCUT2D eigenvalue weighted by molar-refractivity contribution is 6.32. The minimum Gasteiger partial charge on any atom is -0.506 e. The molecule has 4 heteroatoms. The maximum atomic E-state index is 10.1. The molecule has 1 aromatic carbocycles. The van der Waals surface area contributed by atoms with Crippen molar-refractivity contribution >= 4 is 11.6 Å². The molecule has 0 saturated carbocycles. The van der Waals surface area contributed by atoms with Crippen molar-refractivity contribution in [2.45, 2.75) is 18.4 Å². The van der Waals surface area contributed by atoms with E-state index in [4.69, 9.17) is 11.6 Å². The number of phenols is 1. The monoisotopic (exact) mass is 227 g/mol. The van der Waals surface area contributed by atoms with Gasteiger partial charge in [-0.15, -0.1) is 0 Å². The molecule has 0 aliphatic carbocycles. The summed E-state index contributed by atoms with van der Waals surface area (Å²) in [6, 6.07) is 5.21. The lowest BCUT2D eigenvalue weighted by Crippen LogP contribution is -2.33. The third-order valence-corrected chi connectivity index (χ3v) is 3.12. The van der Waals surface area contributed by atoms with Gasteiger partial charge in [0.15, 0.2) is 0 Å². The summed E-state index contributed by atoms with van der Waals surface area (Å²) in [5.41, 5.74) is -0.0454. The zero-order chi connectivity index (χ0) is 10.9. The van der Waals surface area contributed by atoms with Gasteiger partial charge >= 0.3 is 0 Å². The Labute approximate surface area is 93.7 Å². The summed E-state index contributed by atoms with van der Waals surface area (Å²) in [4.78, 5) is 0. The molecule has 15 heavy (non-hydrogen) atoms. The number of para-hydroxylation sites is 1. The Morgan fingerprint density at radius 2 is 2.27 bits per heavy atom. The second-order valence-corrected chi connectivity index (χ2v) is 4.48. The number of aliphatic hydroxyl groups is 1. The van der Waals surface area contributed by atoms with Crippen molar-refractivity contribution in [2.75, 3.05) is 13.1 Å². The summed E-state index contributed by atoms with van der Waals surface area (Å²) in [7, 11) is 0. The predicted octanol–water partition coefficient (Wildman–Crippen LogP) is 1.31. The Bertz CT molecular complexity index is 362. The molecule has 0 spiro atoms. The third-order valence-electron chi connectivity index (χ3n) is 2.81. The molecule has 0 amide bonds. The fourth-order valence-electron chi connectivity index (χ4n) is 1.94. The van der Waals surface area contributed by atoms with E-state index < -0.39 is 5.60 Å². The van der Waals surface area contributed by atoms with E-state index in [2.05, 4.69) is 5.32 Å². The highest BCUT2D eigenvalue weighted by Crippen LogP contribution is 2.31. The SMILES string of the molecule is Oc1c(Cl)cccc1CC1(O)CCNC1. The van der Waals surface area contributed by atoms with Crippen LogP contribution in [0.2, 0.25) is 5.02 Å². The van der Waals surface area contributed by atoms with Gasteiger partial charge in [0.1, 0.15) is 5.75 Å². The van der Waals surface area contributed by atoms with Crippen LogP contribution in [0.3, 0.4) is 0 Å². The fourth-order valence-corrected chi connectivity index (χ4v) is 2.13. The zero-order valence-corrected chi connectivity index (χ0v) is 9.09. The van der Waals surface area contributed by atoms with Crippen LogP contribution < -0.4 is 5.32 Å². The second-order valence-electron chi connectivity index (χ2n) is 4.08. The van der Waals surface area contributed by atoms with E-state index in [1.165, 1.54) is 0 Å². The topological polar surface area (TPSA) is 52.5 Å². The fraction of sp³-hybridized carbons (Fsp3) is 0.455. The number of benzene rings is 1. The number of nitrogens with one attached hydrogen (secondary N) is 1. The molecule has 1 fully saturated rings. The molecular formula is C11H14ClNO2. The summed E-state index contributed by atoms with van der Waals surface area (Å²) < 4.78 is 0. The lowest BCUT2D eigenvalue weighted by molar-refractivity contribution is 0.0612. The average Bonchev–Trinajstić information content (AvgIpc) is 2.60. The van der Waals surface area contributed by atoms with Gasteiger partial charge in [0.2, 0.25) is 0 Å². The molecule has 1 heterocycles. The number of phenolic OH excluding ortho intramolecular Hbond substituents is 1. The van der Waals surface area contributed by atoms with E-state index in [9.17, 15) is 10.2 Å². The van der Waals surface area contributed by atoms with Crippen LogP contribution >= 0.6 is 11.6 Å². The number of halogens is 1. The smallest absolute Gasteiger partial charge is 0.137 e. The van der Waals surface area contributed by atoms with Crippen molar-refractivity contribution in [3.63, 3.8) is 0 Å². The molecule has 82 valence electrons. The van der Waals surface area contributed by atoms with Crippen LogP contribution in [0, 0.1) is 0 Å². The van der Waals surface area contributed by atoms with Gasteiger partial charge in [-0.05, 0) is 24.6 Å². The largest absolute Gasteiger partial charge is 0.506 e. The van der Waals surface area contributed by atoms with Crippen molar-refractivity contribution in [1.82, 2.24) is 5.32 Å². The van der Waals surface area contributed by atoms with Gasteiger partial charge in [-0.3, -0.25) is 0 Å². The van der Waals surface area contributed by atoms with Crippen LogP contribution in [-0.2, 0) is 6.42 Å². The molecule has 2 rings (SSSR count). The first-order valence-corrected chi connectivity index (χ1v) is 5.38. The third kappa shape index (κ3) is 2.25. The second kappa shape index (κ2) is 4.00. The van der Waals surface area contributed by atoms with Crippen LogP contribution in [0.4, 0.5) is 0 Å². The van der Waals surface area contributed by atoms with Gasteiger partial charge in [-0.25, -0.2) is 0 Å². The molecular weight excluding hydrogens is 214 g/mol. The van der Waals surface area contributed by atoms with Gasteiger partial charge in [-0.1, -0.05) is 23.7 Å². The maximum Gasteiger partial charge on any atom is 0.137 e. The van der Waals surface area contributed by atoms with E-state index in [0.29, 0.717) is 30.0 Å². The van der Waals surface area contributed by atoms with Gasteiger partial charge < -0.3 is 15.5 Å². The molecule has 1 unspecified atom stereocenters. The number of aromatic hydroxyl groups is 1. The molecule has 0 aromatic heterocycles. The van der Waals surface area contributed by atoms with Crippen LogP contribution in [0.25, 0.3) is 0 Å². The van der Waals surface area contributed by atoms with E-state index in [1.807, 2.05) is 0 Å². The van der Waals surface area contributed by atoms with Crippen LogP contribution in [0.5, 0.6) is 5.75 Å². The van der Waals surface area contributed by atoms with Crippen molar-refractivity contribution < 1.29 is 10.2 Å². The number of β-amino-alcohol motifs (C(OH)–C–C–N with tert-alkyl or cyclic N) is 1. The first-order valence-electron chi connectivity index (χ1n) is 5.00. The Morgan fingerprint density at radius 3 is 2.93 bits per heavy atom. The van der Waals surface area contributed by atoms with Crippen molar-refractivity contribution in [2.24, 2.45) is 0 Å². The quantitative estimate of drug-likeness (QED) is 0.714. The summed E-state index contributed by atoms with van der Waals surface area (Å²) in [5, 5.41) is 23.3. The van der Waals surface area contributed by atoms with Gasteiger partial charge in [0, 0.05) is 13.0 Å².